The fraction of sp³-hybridized carbons (Fsp3) is 0.211. The average molecular weight is 420 g/mol. The summed E-state index contributed by atoms with van der Waals surface area (Å²) in [5.41, 5.74) is 0.725. The maximum absolute atomic E-state index is 13.8. The van der Waals surface area contributed by atoms with Gasteiger partial charge < -0.3 is 5.32 Å². The van der Waals surface area contributed by atoms with E-state index >= 15 is 0 Å². The summed E-state index contributed by atoms with van der Waals surface area (Å²) < 4.78 is 28.3. The molecule has 0 aliphatic carbocycles. The third kappa shape index (κ3) is 4.80. The number of rotatable bonds is 5. The molecular formula is C19H16ClF2N5O2. The highest BCUT2D eigenvalue weighted by Crippen LogP contribution is 2.29. The predicted molar refractivity (Wildman–Crippen MR) is 104 cm³/mol. The van der Waals surface area contributed by atoms with Gasteiger partial charge in [-0.25, -0.2) is 23.4 Å². The largest absolute Gasteiger partial charge is 0.307 e. The molecule has 0 spiro atoms. The number of hydrogen-bond acceptors (Lipinski definition) is 5. The molecule has 7 nitrogen and oxygen atoms in total. The van der Waals surface area contributed by atoms with Gasteiger partial charge in [-0.15, -0.1) is 0 Å². The van der Waals surface area contributed by atoms with Crippen LogP contribution in [0.4, 0.5) is 14.6 Å². The zero-order chi connectivity index (χ0) is 21.1. The topological polar surface area (TPSA) is 89.8 Å². The maximum atomic E-state index is 13.8. The lowest BCUT2D eigenvalue weighted by atomic mass is 9.98. The van der Waals surface area contributed by atoms with Crippen LogP contribution in [-0.4, -0.2) is 25.7 Å². The van der Waals surface area contributed by atoms with Crippen molar-refractivity contribution in [3.05, 3.63) is 69.5 Å². The van der Waals surface area contributed by atoms with Crippen molar-refractivity contribution in [2.45, 2.75) is 26.3 Å². The molecule has 1 aromatic carbocycles. The summed E-state index contributed by atoms with van der Waals surface area (Å²) in [5, 5.41) is 6.71. The van der Waals surface area contributed by atoms with E-state index < -0.39 is 29.6 Å². The van der Waals surface area contributed by atoms with Gasteiger partial charge >= 0.3 is 0 Å². The van der Waals surface area contributed by atoms with Crippen LogP contribution in [0.3, 0.4) is 0 Å². The van der Waals surface area contributed by atoms with E-state index in [1.54, 1.807) is 0 Å². The monoisotopic (exact) mass is 419 g/mol. The number of aromatic nitrogens is 4. The molecule has 0 aliphatic rings. The Labute approximate surface area is 169 Å². The van der Waals surface area contributed by atoms with Gasteiger partial charge in [0, 0.05) is 16.7 Å². The minimum Gasteiger partial charge on any atom is -0.307 e. The van der Waals surface area contributed by atoms with Gasteiger partial charge in [-0.2, -0.15) is 5.10 Å². The summed E-state index contributed by atoms with van der Waals surface area (Å²) in [5.74, 6) is -2.47. The second-order valence-electron chi connectivity index (χ2n) is 6.52. The second-order valence-corrected chi connectivity index (χ2v) is 6.96. The van der Waals surface area contributed by atoms with Crippen molar-refractivity contribution in [1.29, 1.82) is 0 Å². The van der Waals surface area contributed by atoms with Gasteiger partial charge in [0.15, 0.2) is 11.6 Å². The van der Waals surface area contributed by atoms with Crippen molar-refractivity contribution >= 4 is 23.3 Å². The summed E-state index contributed by atoms with van der Waals surface area (Å²) in [4.78, 5) is 31.8. The number of carbonyl (C=O) groups excluding carboxylic acids is 1. The predicted octanol–water partition coefficient (Wildman–Crippen LogP) is 3.39. The molecule has 10 heteroatoms. The van der Waals surface area contributed by atoms with Crippen LogP contribution in [-0.2, 0) is 11.3 Å². The SMILES string of the molecule is CC(C)c1nn(CC(=O)Nc2ncncc2F)c(=O)cc1-c1cc(F)cc(Cl)c1. The number of carbonyl (C=O) groups is 1. The Balaban J connectivity index is 1.95. The molecule has 0 unspecified atom stereocenters. The van der Waals surface area contributed by atoms with Crippen LogP contribution in [0.15, 0.2) is 41.6 Å². The average Bonchev–Trinajstić information content (AvgIpc) is 2.64. The molecule has 0 saturated heterocycles. The van der Waals surface area contributed by atoms with E-state index in [1.165, 1.54) is 18.2 Å². The van der Waals surface area contributed by atoms with E-state index in [4.69, 9.17) is 11.6 Å². The Kier molecular flexibility index (Phi) is 5.97. The number of hydrogen-bond donors (Lipinski definition) is 1. The smallest absolute Gasteiger partial charge is 0.267 e. The molecule has 0 radical (unpaired) electrons. The third-order valence-corrected chi connectivity index (χ3v) is 4.18. The molecule has 29 heavy (non-hydrogen) atoms. The van der Waals surface area contributed by atoms with Gasteiger partial charge in [0.2, 0.25) is 5.91 Å². The molecular weight excluding hydrogens is 404 g/mol. The lowest BCUT2D eigenvalue weighted by Gasteiger charge is -2.15. The first-order valence-corrected chi connectivity index (χ1v) is 8.96. The number of nitrogens with one attached hydrogen (secondary N) is 1. The molecule has 0 bridgehead atoms. The molecule has 3 rings (SSSR count). The van der Waals surface area contributed by atoms with Crippen LogP contribution in [0.2, 0.25) is 5.02 Å². The Morgan fingerprint density at radius 1 is 1.24 bits per heavy atom. The summed E-state index contributed by atoms with van der Waals surface area (Å²) in [6.07, 6.45) is 1.99. The molecule has 0 saturated carbocycles. The van der Waals surface area contributed by atoms with Gasteiger partial charge in [0.1, 0.15) is 18.7 Å². The minimum atomic E-state index is -0.803. The Hall–Kier alpha value is -3.20. The number of anilines is 1. The number of amides is 1. The van der Waals surface area contributed by atoms with Gasteiger partial charge in [-0.1, -0.05) is 25.4 Å². The summed E-state index contributed by atoms with van der Waals surface area (Å²) in [6, 6.07) is 5.21. The molecule has 0 atom stereocenters. The molecule has 2 aromatic heterocycles. The molecule has 0 aliphatic heterocycles. The molecule has 1 amide bonds. The molecule has 0 fully saturated rings. The Morgan fingerprint density at radius 3 is 2.66 bits per heavy atom. The third-order valence-electron chi connectivity index (χ3n) is 3.97. The zero-order valence-corrected chi connectivity index (χ0v) is 16.2. The van der Waals surface area contributed by atoms with E-state index in [2.05, 4.69) is 20.4 Å². The van der Waals surface area contributed by atoms with E-state index in [1.807, 2.05) is 13.8 Å². The van der Waals surface area contributed by atoms with Gasteiger partial charge in [-0.05, 0) is 29.7 Å². The van der Waals surface area contributed by atoms with E-state index in [-0.39, 0.29) is 16.8 Å². The van der Waals surface area contributed by atoms with E-state index in [0.29, 0.717) is 16.8 Å². The zero-order valence-electron chi connectivity index (χ0n) is 15.5. The summed E-state index contributed by atoms with van der Waals surface area (Å²) >= 11 is 5.92. The van der Waals surface area contributed by atoms with Crippen LogP contribution >= 0.6 is 11.6 Å². The first-order valence-electron chi connectivity index (χ1n) is 8.58. The van der Waals surface area contributed by atoms with E-state index in [0.717, 1.165) is 23.3 Å². The highest BCUT2D eigenvalue weighted by Gasteiger charge is 2.17. The normalized spacial score (nSPS) is 11.0. The van der Waals surface area contributed by atoms with Crippen molar-refractivity contribution < 1.29 is 13.6 Å². The van der Waals surface area contributed by atoms with Crippen LogP contribution in [0.25, 0.3) is 11.1 Å². The fourth-order valence-corrected chi connectivity index (χ4v) is 2.92. The quantitative estimate of drug-likeness (QED) is 0.684. The number of halogens is 3. The highest BCUT2D eigenvalue weighted by atomic mass is 35.5. The second kappa shape index (κ2) is 8.44. The van der Waals surface area contributed by atoms with Crippen molar-refractivity contribution in [2.24, 2.45) is 0 Å². The fourth-order valence-electron chi connectivity index (χ4n) is 2.70. The minimum absolute atomic E-state index is 0.138. The molecule has 3 aromatic rings. The Morgan fingerprint density at radius 2 is 2.00 bits per heavy atom. The molecule has 2 heterocycles. The van der Waals surface area contributed by atoms with Crippen molar-refractivity contribution in [3.8, 4) is 11.1 Å². The highest BCUT2D eigenvalue weighted by molar-refractivity contribution is 6.30. The number of benzene rings is 1. The van der Waals surface area contributed by atoms with Gasteiger partial charge in [0.05, 0.1) is 11.9 Å². The summed E-state index contributed by atoms with van der Waals surface area (Å²) in [7, 11) is 0. The number of nitrogens with zero attached hydrogens (tertiary/aromatic N) is 4. The van der Waals surface area contributed by atoms with Crippen molar-refractivity contribution in [3.63, 3.8) is 0 Å². The van der Waals surface area contributed by atoms with Gasteiger partial charge in [-0.3, -0.25) is 9.59 Å². The van der Waals surface area contributed by atoms with Gasteiger partial charge in [0.25, 0.3) is 5.56 Å². The first kappa shape index (κ1) is 20.5. The van der Waals surface area contributed by atoms with Crippen LogP contribution in [0, 0.1) is 11.6 Å². The molecule has 1 N–H and O–H groups in total. The van der Waals surface area contributed by atoms with E-state index in [9.17, 15) is 18.4 Å². The van der Waals surface area contributed by atoms with Crippen LogP contribution in [0.5, 0.6) is 0 Å². The standard InChI is InChI=1S/C19H16ClF2N5O2/c1-10(2)18-14(11-3-12(20)5-13(21)4-11)6-17(29)27(26-18)8-16(28)25-19-15(22)7-23-9-24-19/h3-7,9-10H,8H2,1-2H3,(H,23,24,25,28). The molecule has 150 valence electrons. The lowest BCUT2D eigenvalue weighted by Crippen LogP contribution is -2.31. The van der Waals surface area contributed by atoms with Crippen molar-refractivity contribution in [1.82, 2.24) is 19.7 Å². The lowest BCUT2D eigenvalue weighted by molar-refractivity contribution is -0.117. The van der Waals surface area contributed by atoms with Crippen LogP contribution < -0.4 is 10.9 Å². The van der Waals surface area contributed by atoms with Crippen molar-refractivity contribution in [2.75, 3.05) is 5.32 Å². The van der Waals surface area contributed by atoms with Crippen LogP contribution in [0.1, 0.15) is 25.5 Å². The summed E-state index contributed by atoms with van der Waals surface area (Å²) in [6.45, 7) is 3.24. The first-order chi connectivity index (χ1) is 13.7. The Bertz CT molecular complexity index is 1110. The maximum Gasteiger partial charge on any atom is 0.267 e.